The van der Waals surface area contributed by atoms with Gasteiger partial charge in [-0.15, -0.1) is 0 Å². The number of urea groups is 1. The summed E-state index contributed by atoms with van der Waals surface area (Å²) in [7, 11) is 0. The Morgan fingerprint density at radius 1 is 1.22 bits per heavy atom. The van der Waals surface area contributed by atoms with Crippen LogP contribution in [0.4, 0.5) is 10.5 Å². The van der Waals surface area contributed by atoms with E-state index in [1.165, 1.54) is 12.8 Å². The maximum atomic E-state index is 12.8. The van der Waals surface area contributed by atoms with Crippen LogP contribution in [0.1, 0.15) is 37.4 Å². The summed E-state index contributed by atoms with van der Waals surface area (Å²) >= 11 is 0. The Kier molecular flexibility index (Phi) is 4.14. The number of hydrogen-bond acceptors (Lipinski definition) is 4. The van der Waals surface area contributed by atoms with E-state index < -0.39 is 0 Å². The zero-order chi connectivity index (χ0) is 18.2. The van der Waals surface area contributed by atoms with Gasteiger partial charge < -0.3 is 24.3 Å². The maximum absolute atomic E-state index is 12.8. The van der Waals surface area contributed by atoms with Gasteiger partial charge in [-0.25, -0.2) is 9.78 Å². The molecule has 1 N–H and O–H groups in total. The number of imidazole rings is 1. The van der Waals surface area contributed by atoms with Crippen LogP contribution >= 0.6 is 0 Å². The molecule has 1 atom stereocenters. The summed E-state index contributed by atoms with van der Waals surface area (Å²) in [4.78, 5) is 19.3. The number of ether oxygens (including phenoxy) is 2. The number of hydrogen-bond donors (Lipinski definition) is 1. The summed E-state index contributed by atoms with van der Waals surface area (Å²) in [6, 6.07) is 5.41. The summed E-state index contributed by atoms with van der Waals surface area (Å²) in [6.07, 6.45) is 8.70. The molecule has 27 heavy (non-hydrogen) atoms. The van der Waals surface area contributed by atoms with Crippen molar-refractivity contribution in [3.8, 4) is 11.5 Å². The lowest BCUT2D eigenvalue weighted by Gasteiger charge is -2.32. The molecule has 1 aromatic carbocycles. The molecule has 1 saturated carbocycles. The molecule has 2 amide bonds. The van der Waals surface area contributed by atoms with Gasteiger partial charge in [-0.3, -0.25) is 0 Å². The number of anilines is 1. The Morgan fingerprint density at radius 3 is 3.00 bits per heavy atom. The van der Waals surface area contributed by atoms with E-state index in [9.17, 15) is 4.79 Å². The molecule has 1 saturated heterocycles. The number of amides is 2. The lowest BCUT2D eigenvalue weighted by Crippen LogP contribution is -2.42. The third-order valence-corrected chi connectivity index (χ3v) is 5.60. The van der Waals surface area contributed by atoms with Crippen molar-refractivity contribution in [2.45, 2.75) is 38.1 Å². The predicted molar refractivity (Wildman–Crippen MR) is 100 cm³/mol. The highest BCUT2D eigenvalue weighted by Gasteiger charge is 2.29. The number of nitrogens with zero attached hydrogens (tertiary/aromatic N) is 3. The maximum Gasteiger partial charge on any atom is 0.321 e. The van der Waals surface area contributed by atoms with Crippen LogP contribution in [0.15, 0.2) is 30.6 Å². The molecule has 1 aliphatic carbocycles. The number of rotatable bonds is 4. The third kappa shape index (κ3) is 3.46. The van der Waals surface area contributed by atoms with Gasteiger partial charge in [-0.05, 0) is 43.7 Å². The first-order chi connectivity index (χ1) is 13.3. The van der Waals surface area contributed by atoms with Crippen LogP contribution in [0, 0.1) is 5.92 Å². The molecule has 2 aromatic rings. The molecular formula is C20H24N4O3. The fraction of sp³-hybridized carbons (Fsp3) is 0.500. The van der Waals surface area contributed by atoms with E-state index in [0.717, 1.165) is 43.4 Å². The third-order valence-electron chi connectivity index (χ3n) is 5.60. The topological polar surface area (TPSA) is 68.6 Å². The molecule has 7 nitrogen and oxygen atoms in total. The van der Waals surface area contributed by atoms with Gasteiger partial charge in [0.05, 0.1) is 0 Å². The Balaban J connectivity index is 1.25. The van der Waals surface area contributed by atoms with Crippen molar-refractivity contribution in [3.05, 3.63) is 36.4 Å². The highest BCUT2D eigenvalue weighted by Crippen LogP contribution is 2.35. The van der Waals surface area contributed by atoms with E-state index in [0.29, 0.717) is 24.0 Å². The zero-order valence-electron chi connectivity index (χ0n) is 15.3. The molecule has 0 bridgehead atoms. The molecule has 142 valence electrons. The highest BCUT2D eigenvalue weighted by atomic mass is 16.7. The van der Waals surface area contributed by atoms with E-state index in [1.807, 2.05) is 29.3 Å². The second-order valence-electron chi connectivity index (χ2n) is 7.66. The molecule has 0 unspecified atom stereocenters. The average Bonchev–Trinajstić information content (AvgIpc) is 3.17. The monoisotopic (exact) mass is 368 g/mol. The first-order valence-electron chi connectivity index (χ1n) is 9.73. The van der Waals surface area contributed by atoms with Crippen molar-refractivity contribution in [3.63, 3.8) is 0 Å². The van der Waals surface area contributed by atoms with Crippen molar-refractivity contribution >= 4 is 11.7 Å². The number of piperidine rings is 1. The smallest absolute Gasteiger partial charge is 0.321 e. The lowest BCUT2D eigenvalue weighted by atomic mass is 9.97. The second-order valence-corrected chi connectivity index (χ2v) is 7.66. The number of carbonyl (C=O) groups is 1. The summed E-state index contributed by atoms with van der Waals surface area (Å²) in [5.41, 5.74) is 0.724. The normalized spacial score (nSPS) is 21.3. The van der Waals surface area contributed by atoms with E-state index in [4.69, 9.17) is 9.47 Å². The molecule has 5 rings (SSSR count). The quantitative estimate of drug-likeness (QED) is 0.898. The van der Waals surface area contributed by atoms with Gasteiger partial charge in [0, 0.05) is 49.7 Å². The molecule has 0 radical (unpaired) electrons. The fourth-order valence-corrected chi connectivity index (χ4v) is 3.96. The van der Waals surface area contributed by atoms with Crippen molar-refractivity contribution in [1.29, 1.82) is 0 Å². The SMILES string of the molecule is O=C(Nc1ccc2c(c1)OCO2)N1CCC[C@@H](c2nccn2CC2CC2)C1. The predicted octanol–water partition coefficient (Wildman–Crippen LogP) is 3.43. The van der Waals surface area contributed by atoms with Crippen molar-refractivity contribution in [2.24, 2.45) is 5.92 Å². The molecule has 7 heteroatoms. The van der Waals surface area contributed by atoms with Crippen molar-refractivity contribution < 1.29 is 14.3 Å². The van der Waals surface area contributed by atoms with Crippen molar-refractivity contribution in [2.75, 3.05) is 25.2 Å². The van der Waals surface area contributed by atoms with Crippen molar-refractivity contribution in [1.82, 2.24) is 14.5 Å². The van der Waals surface area contributed by atoms with E-state index in [1.54, 1.807) is 0 Å². The summed E-state index contributed by atoms with van der Waals surface area (Å²) < 4.78 is 13.0. The van der Waals surface area contributed by atoms with Gasteiger partial charge in [0.2, 0.25) is 6.79 Å². The van der Waals surface area contributed by atoms with Gasteiger partial charge in [0.25, 0.3) is 0 Å². The lowest BCUT2D eigenvalue weighted by molar-refractivity contribution is 0.174. The number of benzene rings is 1. The molecule has 2 fully saturated rings. The van der Waals surface area contributed by atoms with Crippen LogP contribution in [-0.2, 0) is 6.54 Å². The second kappa shape index (κ2) is 6.79. The summed E-state index contributed by atoms with van der Waals surface area (Å²) in [5, 5.41) is 2.99. The van der Waals surface area contributed by atoms with Gasteiger partial charge in [0.15, 0.2) is 11.5 Å². The highest BCUT2D eigenvalue weighted by molar-refractivity contribution is 5.89. The molecule has 1 aromatic heterocycles. The van der Waals surface area contributed by atoms with Crippen LogP contribution in [0.2, 0.25) is 0 Å². The van der Waals surface area contributed by atoms with Crippen LogP contribution in [0.5, 0.6) is 11.5 Å². The van der Waals surface area contributed by atoms with E-state index in [-0.39, 0.29) is 12.8 Å². The molecule has 0 spiro atoms. The van der Waals surface area contributed by atoms with E-state index >= 15 is 0 Å². The van der Waals surface area contributed by atoms with Crippen LogP contribution in [0.25, 0.3) is 0 Å². The number of fused-ring (bicyclic) bond motifs is 1. The van der Waals surface area contributed by atoms with Gasteiger partial charge >= 0.3 is 6.03 Å². The van der Waals surface area contributed by atoms with Crippen LogP contribution < -0.4 is 14.8 Å². The first kappa shape index (κ1) is 16.5. The zero-order valence-corrected chi connectivity index (χ0v) is 15.3. The van der Waals surface area contributed by atoms with Gasteiger partial charge in [-0.2, -0.15) is 0 Å². The van der Waals surface area contributed by atoms with Crippen LogP contribution in [-0.4, -0.2) is 40.4 Å². The number of carbonyl (C=O) groups excluding carboxylic acids is 1. The summed E-state index contributed by atoms with van der Waals surface area (Å²) in [5.74, 6) is 3.63. The fourth-order valence-electron chi connectivity index (χ4n) is 3.96. The molecule has 3 aliphatic rings. The Hall–Kier alpha value is -2.70. The Bertz CT molecular complexity index is 846. The number of likely N-dealkylation sites (tertiary alicyclic amines) is 1. The molecular weight excluding hydrogens is 344 g/mol. The minimum Gasteiger partial charge on any atom is -0.454 e. The largest absolute Gasteiger partial charge is 0.454 e. The molecule has 2 aliphatic heterocycles. The number of aromatic nitrogens is 2. The first-order valence-corrected chi connectivity index (χ1v) is 9.73. The van der Waals surface area contributed by atoms with Gasteiger partial charge in [-0.1, -0.05) is 0 Å². The standard InChI is InChI=1S/C20H24N4O3/c25-20(22-16-5-6-17-18(10-16)27-13-26-17)24-8-1-2-15(12-24)19-21-7-9-23(19)11-14-3-4-14/h5-7,9-10,14-15H,1-4,8,11-13H2,(H,22,25)/t15-/m1/s1. The average molecular weight is 368 g/mol. The number of nitrogens with one attached hydrogen (secondary N) is 1. The van der Waals surface area contributed by atoms with E-state index in [2.05, 4.69) is 21.1 Å². The van der Waals surface area contributed by atoms with Crippen LogP contribution in [0.3, 0.4) is 0 Å². The Morgan fingerprint density at radius 2 is 2.11 bits per heavy atom. The minimum atomic E-state index is -0.0705. The molecule has 3 heterocycles. The Labute approximate surface area is 158 Å². The summed E-state index contributed by atoms with van der Waals surface area (Å²) in [6.45, 7) is 2.78. The van der Waals surface area contributed by atoms with Gasteiger partial charge in [0.1, 0.15) is 5.82 Å². The minimum absolute atomic E-state index is 0.0705.